The Morgan fingerprint density at radius 2 is 1.92 bits per heavy atom. The van der Waals surface area contributed by atoms with Crippen LogP contribution in [0.15, 0.2) is 53.0 Å². The molecule has 2 aromatic carbocycles. The summed E-state index contributed by atoms with van der Waals surface area (Å²) >= 11 is 3.15. The molecule has 0 saturated heterocycles. The Morgan fingerprint density at radius 1 is 1.17 bits per heavy atom. The summed E-state index contributed by atoms with van der Waals surface area (Å²) in [5.74, 6) is 0.446. The SMILES string of the molecule is O=C(NCCc1ccc([C](F)F)c(Br)c1)C1CC1c1ccccc1. The molecule has 1 saturated carbocycles. The number of hydrogen-bond donors (Lipinski definition) is 1. The molecule has 0 spiro atoms. The highest BCUT2D eigenvalue weighted by Gasteiger charge is 2.43. The molecule has 2 atom stereocenters. The van der Waals surface area contributed by atoms with E-state index >= 15 is 0 Å². The van der Waals surface area contributed by atoms with Gasteiger partial charge in [-0.15, -0.1) is 0 Å². The van der Waals surface area contributed by atoms with Gasteiger partial charge in [0.25, 0.3) is 0 Å². The second kappa shape index (κ2) is 7.43. The van der Waals surface area contributed by atoms with Gasteiger partial charge in [-0.25, -0.2) is 0 Å². The van der Waals surface area contributed by atoms with Crippen molar-refractivity contribution in [1.29, 1.82) is 0 Å². The van der Waals surface area contributed by atoms with Crippen LogP contribution in [-0.2, 0) is 11.2 Å². The average molecular weight is 393 g/mol. The van der Waals surface area contributed by atoms with Gasteiger partial charge >= 0.3 is 6.43 Å². The zero-order valence-corrected chi connectivity index (χ0v) is 14.5. The third kappa shape index (κ3) is 4.01. The quantitative estimate of drug-likeness (QED) is 0.758. The van der Waals surface area contributed by atoms with E-state index in [1.807, 2.05) is 18.2 Å². The largest absolute Gasteiger partial charge is 0.356 e. The molecule has 125 valence electrons. The Kier molecular flexibility index (Phi) is 5.29. The number of amides is 1. The van der Waals surface area contributed by atoms with Gasteiger partial charge in [-0.2, -0.15) is 8.78 Å². The first-order valence-corrected chi connectivity index (χ1v) is 8.65. The maximum absolute atomic E-state index is 12.6. The second-order valence-corrected chi connectivity index (χ2v) is 6.83. The maximum atomic E-state index is 12.6. The van der Waals surface area contributed by atoms with Gasteiger partial charge in [0.05, 0.1) is 0 Å². The van der Waals surface area contributed by atoms with Crippen molar-refractivity contribution in [3.63, 3.8) is 0 Å². The van der Waals surface area contributed by atoms with Crippen molar-refractivity contribution < 1.29 is 13.6 Å². The molecule has 0 aliphatic heterocycles. The molecular weight excluding hydrogens is 376 g/mol. The van der Waals surface area contributed by atoms with Crippen LogP contribution in [0.3, 0.4) is 0 Å². The standard InChI is InChI=1S/C19H17BrF2NO/c20-17-10-12(6-7-14(17)18(21)22)8-9-23-19(24)16-11-15(16)13-4-2-1-3-5-13/h1-7,10,15-16H,8-9,11H2,(H,23,24). The zero-order chi connectivity index (χ0) is 17.1. The molecule has 2 unspecified atom stereocenters. The summed E-state index contributed by atoms with van der Waals surface area (Å²) in [6.45, 7) is 0.504. The van der Waals surface area contributed by atoms with Gasteiger partial charge in [-0.3, -0.25) is 4.79 Å². The molecule has 1 radical (unpaired) electrons. The van der Waals surface area contributed by atoms with E-state index in [0.29, 0.717) is 23.4 Å². The molecule has 0 aromatic heterocycles. The third-order valence-electron chi connectivity index (χ3n) is 4.30. The number of carbonyl (C=O) groups is 1. The Hall–Kier alpha value is -1.75. The molecule has 3 rings (SSSR count). The normalized spacial score (nSPS) is 19.3. The first-order valence-electron chi connectivity index (χ1n) is 7.85. The van der Waals surface area contributed by atoms with E-state index < -0.39 is 6.43 Å². The predicted octanol–water partition coefficient (Wildman–Crippen LogP) is 4.69. The summed E-state index contributed by atoms with van der Waals surface area (Å²) in [5.41, 5.74) is 2.02. The molecule has 0 bridgehead atoms. The van der Waals surface area contributed by atoms with Crippen LogP contribution >= 0.6 is 15.9 Å². The lowest BCUT2D eigenvalue weighted by molar-refractivity contribution is -0.122. The van der Waals surface area contributed by atoms with E-state index in [-0.39, 0.29) is 17.4 Å². The maximum Gasteiger partial charge on any atom is 0.340 e. The summed E-state index contributed by atoms with van der Waals surface area (Å²) in [4.78, 5) is 12.2. The molecule has 1 N–H and O–H groups in total. The number of halogens is 3. The Labute approximate surface area is 148 Å². The van der Waals surface area contributed by atoms with Crippen LogP contribution in [0.4, 0.5) is 8.78 Å². The zero-order valence-electron chi connectivity index (χ0n) is 12.9. The topological polar surface area (TPSA) is 29.1 Å². The van der Waals surface area contributed by atoms with Gasteiger partial charge in [0, 0.05) is 22.5 Å². The lowest BCUT2D eigenvalue weighted by atomic mass is 10.1. The van der Waals surface area contributed by atoms with Gasteiger partial charge in [0.2, 0.25) is 5.91 Å². The fraction of sp³-hybridized carbons (Fsp3) is 0.263. The molecule has 2 aromatic rings. The number of benzene rings is 2. The van der Waals surface area contributed by atoms with Crippen LogP contribution in [0.1, 0.15) is 29.0 Å². The van der Waals surface area contributed by atoms with Gasteiger partial charge in [-0.05, 0) is 36.0 Å². The first-order chi connectivity index (χ1) is 11.6. The molecule has 0 heterocycles. The Balaban J connectivity index is 1.47. The molecule has 5 heteroatoms. The monoisotopic (exact) mass is 392 g/mol. The van der Waals surface area contributed by atoms with Crippen molar-refractivity contribution >= 4 is 21.8 Å². The van der Waals surface area contributed by atoms with Gasteiger partial charge in [-0.1, -0.05) is 58.4 Å². The van der Waals surface area contributed by atoms with Crippen molar-refractivity contribution in [3.8, 4) is 0 Å². The summed E-state index contributed by atoms with van der Waals surface area (Å²) in [6, 6.07) is 14.8. The number of hydrogen-bond acceptors (Lipinski definition) is 1. The van der Waals surface area contributed by atoms with E-state index in [1.165, 1.54) is 11.6 Å². The van der Waals surface area contributed by atoms with Crippen LogP contribution in [-0.4, -0.2) is 12.5 Å². The lowest BCUT2D eigenvalue weighted by Crippen LogP contribution is -2.27. The number of rotatable bonds is 6. The van der Waals surface area contributed by atoms with E-state index in [1.54, 1.807) is 12.1 Å². The van der Waals surface area contributed by atoms with E-state index in [9.17, 15) is 13.6 Å². The van der Waals surface area contributed by atoms with Crippen LogP contribution < -0.4 is 5.32 Å². The van der Waals surface area contributed by atoms with E-state index in [2.05, 4.69) is 33.4 Å². The number of nitrogens with one attached hydrogen (secondary N) is 1. The summed E-state index contributed by atoms with van der Waals surface area (Å²) in [6.07, 6.45) is -0.203. The summed E-state index contributed by atoms with van der Waals surface area (Å²) in [7, 11) is 0. The minimum atomic E-state index is -1.71. The molecule has 2 nitrogen and oxygen atoms in total. The van der Waals surface area contributed by atoms with E-state index in [0.717, 1.165) is 12.0 Å². The molecule has 24 heavy (non-hydrogen) atoms. The fourth-order valence-electron chi connectivity index (χ4n) is 2.88. The lowest BCUT2D eigenvalue weighted by Gasteiger charge is -2.08. The van der Waals surface area contributed by atoms with Crippen molar-refractivity contribution in [2.24, 2.45) is 5.92 Å². The molecule has 1 fully saturated rings. The number of carbonyl (C=O) groups excluding carboxylic acids is 1. The smallest absolute Gasteiger partial charge is 0.340 e. The van der Waals surface area contributed by atoms with Crippen LogP contribution in [0, 0.1) is 12.3 Å². The third-order valence-corrected chi connectivity index (χ3v) is 4.96. The minimum absolute atomic E-state index is 0.0525. The fourth-order valence-corrected chi connectivity index (χ4v) is 3.46. The molecular formula is C19H17BrF2NO. The van der Waals surface area contributed by atoms with Crippen LogP contribution in [0.5, 0.6) is 0 Å². The van der Waals surface area contributed by atoms with Crippen molar-refractivity contribution in [2.45, 2.75) is 18.8 Å². The first kappa shape index (κ1) is 17.1. The Bertz CT molecular complexity index is 721. The molecule has 1 amide bonds. The average Bonchev–Trinajstić information content (AvgIpc) is 3.36. The second-order valence-electron chi connectivity index (χ2n) is 5.98. The van der Waals surface area contributed by atoms with Crippen molar-refractivity contribution in [2.75, 3.05) is 6.54 Å². The predicted molar refractivity (Wildman–Crippen MR) is 92.7 cm³/mol. The van der Waals surface area contributed by atoms with Gasteiger partial charge in [0.15, 0.2) is 0 Å². The minimum Gasteiger partial charge on any atom is -0.356 e. The molecule has 1 aliphatic carbocycles. The highest BCUT2D eigenvalue weighted by Crippen LogP contribution is 2.47. The van der Waals surface area contributed by atoms with Gasteiger partial charge in [0.1, 0.15) is 0 Å². The van der Waals surface area contributed by atoms with Crippen LogP contribution in [0.25, 0.3) is 0 Å². The molecule has 1 aliphatic rings. The summed E-state index contributed by atoms with van der Waals surface area (Å²) < 4.78 is 25.6. The highest BCUT2D eigenvalue weighted by atomic mass is 79.9. The summed E-state index contributed by atoms with van der Waals surface area (Å²) in [5, 5.41) is 2.94. The van der Waals surface area contributed by atoms with Gasteiger partial charge < -0.3 is 5.32 Å². The highest BCUT2D eigenvalue weighted by molar-refractivity contribution is 9.10. The van der Waals surface area contributed by atoms with E-state index in [4.69, 9.17) is 0 Å². The van der Waals surface area contributed by atoms with Crippen molar-refractivity contribution in [3.05, 3.63) is 76.1 Å². The van der Waals surface area contributed by atoms with Crippen LogP contribution in [0.2, 0.25) is 0 Å². The van der Waals surface area contributed by atoms with Crippen molar-refractivity contribution in [1.82, 2.24) is 5.32 Å². The Morgan fingerprint density at radius 3 is 2.58 bits per heavy atom.